The quantitative estimate of drug-likeness (QED) is 0.632. The van der Waals surface area contributed by atoms with Crippen LogP contribution in [0.4, 0.5) is 0 Å². The van der Waals surface area contributed by atoms with E-state index in [1.54, 1.807) is 0 Å². The topological polar surface area (TPSA) is 128 Å². The number of nitrogens with zero attached hydrogens (tertiary/aromatic N) is 1. The number of aromatic carboxylic acids is 1. The summed E-state index contributed by atoms with van der Waals surface area (Å²) in [7, 11) is 0. The summed E-state index contributed by atoms with van der Waals surface area (Å²) in [6.45, 7) is 1.14. The summed E-state index contributed by atoms with van der Waals surface area (Å²) in [5, 5.41) is 26.3. The maximum absolute atomic E-state index is 10.8. The lowest BCUT2D eigenvalue weighted by molar-refractivity contribution is -0.144. The van der Waals surface area contributed by atoms with Crippen LogP contribution in [0.5, 0.6) is 0 Å². The fourth-order valence-corrected chi connectivity index (χ4v) is 1.64. The number of furan rings is 1. The minimum absolute atomic E-state index is 0.0186. The molecular formula is C12H15NO7. The molecule has 0 aliphatic heterocycles. The molecule has 0 bridgehead atoms. The molecule has 1 rings (SSSR count). The van der Waals surface area contributed by atoms with E-state index in [1.165, 1.54) is 24.0 Å². The largest absolute Gasteiger partial charge is 0.481 e. The number of carbonyl (C=O) groups is 3. The molecule has 0 aromatic carbocycles. The van der Waals surface area contributed by atoms with E-state index in [0.717, 1.165) is 0 Å². The van der Waals surface area contributed by atoms with Crippen molar-refractivity contribution in [3.8, 4) is 0 Å². The van der Waals surface area contributed by atoms with Crippen molar-refractivity contribution in [2.24, 2.45) is 5.92 Å². The lowest BCUT2D eigenvalue weighted by Gasteiger charge is -2.21. The van der Waals surface area contributed by atoms with Gasteiger partial charge in [0.15, 0.2) is 0 Å². The average molecular weight is 285 g/mol. The van der Waals surface area contributed by atoms with Gasteiger partial charge in [-0.2, -0.15) is 0 Å². The molecule has 8 heteroatoms. The molecule has 3 N–H and O–H groups in total. The zero-order valence-electron chi connectivity index (χ0n) is 10.8. The normalized spacial score (nSPS) is 12.3. The van der Waals surface area contributed by atoms with Gasteiger partial charge in [-0.25, -0.2) is 4.79 Å². The van der Waals surface area contributed by atoms with Crippen LogP contribution in [0.1, 0.15) is 23.2 Å². The summed E-state index contributed by atoms with van der Waals surface area (Å²) in [6.07, 6.45) is 0. The van der Waals surface area contributed by atoms with Crippen LogP contribution in [-0.4, -0.2) is 51.2 Å². The van der Waals surface area contributed by atoms with Crippen molar-refractivity contribution < 1.29 is 34.1 Å². The molecule has 0 aliphatic rings. The van der Waals surface area contributed by atoms with Gasteiger partial charge in [-0.05, 0) is 12.1 Å². The summed E-state index contributed by atoms with van der Waals surface area (Å²) >= 11 is 0. The minimum Gasteiger partial charge on any atom is -0.481 e. The zero-order valence-corrected chi connectivity index (χ0v) is 10.8. The van der Waals surface area contributed by atoms with Gasteiger partial charge in [0.25, 0.3) is 0 Å². The zero-order chi connectivity index (χ0) is 15.3. The molecule has 110 valence electrons. The van der Waals surface area contributed by atoms with Gasteiger partial charge in [-0.15, -0.1) is 0 Å². The Bertz CT molecular complexity index is 508. The van der Waals surface area contributed by atoms with Crippen molar-refractivity contribution in [3.63, 3.8) is 0 Å². The van der Waals surface area contributed by atoms with Crippen LogP contribution >= 0.6 is 0 Å². The Morgan fingerprint density at radius 3 is 2.35 bits per heavy atom. The summed E-state index contributed by atoms with van der Waals surface area (Å²) in [5.41, 5.74) is 0. The number of hydrogen-bond donors (Lipinski definition) is 3. The van der Waals surface area contributed by atoms with E-state index in [9.17, 15) is 14.4 Å². The molecule has 0 saturated carbocycles. The van der Waals surface area contributed by atoms with E-state index in [4.69, 9.17) is 19.7 Å². The van der Waals surface area contributed by atoms with Gasteiger partial charge in [0, 0.05) is 6.54 Å². The maximum atomic E-state index is 10.8. The average Bonchev–Trinajstić information content (AvgIpc) is 2.76. The van der Waals surface area contributed by atoms with Crippen LogP contribution < -0.4 is 0 Å². The Balaban J connectivity index is 2.74. The van der Waals surface area contributed by atoms with Gasteiger partial charge in [0.1, 0.15) is 5.76 Å². The molecule has 0 saturated heterocycles. The van der Waals surface area contributed by atoms with Gasteiger partial charge in [0.05, 0.1) is 19.0 Å². The molecule has 1 unspecified atom stereocenters. The van der Waals surface area contributed by atoms with Gasteiger partial charge in [-0.1, -0.05) is 6.92 Å². The molecular weight excluding hydrogens is 270 g/mol. The highest BCUT2D eigenvalue weighted by Crippen LogP contribution is 2.12. The molecule has 1 aromatic rings. The highest BCUT2D eigenvalue weighted by Gasteiger charge is 2.20. The Morgan fingerprint density at radius 1 is 1.25 bits per heavy atom. The molecule has 1 heterocycles. The number of hydrogen-bond acceptors (Lipinski definition) is 5. The third-order valence-corrected chi connectivity index (χ3v) is 2.56. The van der Waals surface area contributed by atoms with Crippen LogP contribution in [0.25, 0.3) is 0 Å². The van der Waals surface area contributed by atoms with Crippen LogP contribution in [0, 0.1) is 5.92 Å². The number of rotatable bonds is 8. The third-order valence-electron chi connectivity index (χ3n) is 2.56. The summed E-state index contributed by atoms with van der Waals surface area (Å²) in [4.78, 5) is 33.6. The smallest absolute Gasteiger partial charge is 0.371 e. The van der Waals surface area contributed by atoms with Crippen LogP contribution in [0.15, 0.2) is 16.5 Å². The van der Waals surface area contributed by atoms with Gasteiger partial charge >= 0.3 is 17.9 Å². The molecule has 1 atom stereocenters. The lowest BCUT2D eigenvalue weighted by Crippen LogP contribution is -2.35. The molecule has 0 aliphatic carbocycles. The summed E-state index contributed by atoms with van der Waals surface area (Å²) < 4.78 is 5.02. The van der Waals surface area contributed by atoms with Gasteiger partial charge in [-0.3, -0.25) is 14.5 Å². The standard InChI is InChI=1S/C12H15NO7/c1-7(11(16)17)4-13(6-10(14)15)5-8-2-3-9(20-8)12(18)19/h2-3,7H,4-6H2,1H3,(H,14,15)(H,16,17)(H,18,19). The molecule has 8 nitrogen and oxygen atoms in total. The first kappa shape index (κ1) is 15.7. The second-order valence-electron chi connectivity index (χ2n) is 4.37. The van der Waals surface area contributed by atoms with Gasteiger partial charge in [0.2, 0.25) is 5.76 Å². The Kier molecular flexibility index (Phi) is 5.27. The lowest BCUT2D eigenvalue weighted by atomic mass is 10.1. The highest BCUT2D eigenvalue weighted by molar-refractivity contribution is 5.84. The first-order valence-electron chi connectivity index (χ1n) is 5.78. The van der Waals surface area contributed by atoms with E-state index in [-0.39, 0.29) is 31.2 Å². The van der Waals surface area contributed by atoms with Crippen LogP contribution in [-0.2, 0) is 16.1 Å². The molecule has 0 radical (unpaired) electrons. The highest BCUT2D eigenvalue weighted by atomic mass is 16.4. The predicted molar refractivity (Wildman–Crippen MR) is 65.4 cm³/mol. The summed E-state index contributed by atoms with van der Waals surface area (Å²) in [5.74, 6) is -4.09. The van der Waals surface area contributed by atoms with E-state index < -0.39 is 23.8 Å². The van der Waals surface area contributed by atoms with Crippen molar-refractivity contribution in [3.05, 3.63) is 23.7 Å². The Hall–Kier alpha value is -2.35. The predicted octanol–water partition coefficient (Wildman–Crippen LogP) is 0.585. The minimum atomic E-state index is -1.22. The van der Waals surface area contributed by atoms with E-state index in [0.29, 0.717) is 0 Å². The SMILES string of the molecule is CC(CN(CC(=O)O)Cc1ccc(C(=O)O)o1)C(=O)O. The van der Waals surface area contributed by atoms with Crippen molar-refractivity contribution in [1.82, 2.24) is 4.90 Å². The fourth-order valence-electron chi connectivity index (χ4n) is 1.64. The van der Waals surface area contributed by atoms with E-state index >= 15 is 0 Å². The van der Waals surface area contributed by atoms with Crippen LogP contribution in [0.2, 0.25) is 0 Å². The second kappa shape index (κ2) is 6.71. The number of aliphatic carboxylic acids is 2. The van der Waals surface area contributed by atoms with Gasteiger partial charge < -0.3 is 19.7 Å². The number of carboxylic acids is 3. The first-order valence-corrected chi connectivity index (χ1v) is 5.78. The van der Waals surface area contributed by atoms with E-state index in [2.05, 4.69) is 0 Å². The monoisotopic (exact) mass is 285 g/mol. The maximum Gasteiger partial charge on any atom is 0.371 e. The second-order valence-corrected chi connectivity index (χ2v) is 4.37. The molecule has 1 aromatic heterocycles. The Morgan fingerprint density at radius 2 is 1.90 bits per heavy atom. The number of carboxylic acid groups (broad SMARTS) is 3. The molecule has 0 fully saturated rings. The molecule has 20 heavy (non-hydrogen) atoms. The van der Waals surface area contributed by atoms with Crippen molar-refractivity contribution in [2.45, 2.75) is 13.5 Å². The van der Waals surface area contributed by atoms with Crippen molar-refractivity contribution in [2.75, 3.05) is 13.1 Å². The van der Waals surface area contributed by atoms with Crippen LogP contribution in [0.3, 0.4) is 0 Å². The summed E-state index contributed by atoms with van der Waals surface area (Å²) in [6, 6.07) is 2.68. The molecule has 0 spiro atoms. The Labute approximate surface area is 114 Å². The van der Waals surface area contributed by atoms with Crippen molar-refractivity contribution in [1.29, 1.82) is 0 Å². The first-order chi connectivity index (χ1) is 9.29. The van der Waals surface area contributed by atoms with Crippen molar-refractivity contribution >= 4 is 17.9 Å². The third kappa shape index (κ3) is 4.73. The van der Waals surface area contributed by atoms with E-state index in [1.807, 2.05) is 0 Å². The molecule has 0 amide bonds. The fraction of sp³-hybridized carbons (Fsp3) is 0.417.